The summed E-state index contributed by atoms with van der Waals surface area (Å²) in [5.41, 5.74) is 0.986. The minimum Gasteiger partial charge on any atom is -0.337 e. The van der Waals surface area contributed by atoms with E-state index in [4.69, 9.17) is 4.18 Å². The molecule has 1 aliphatic heterocycles. The molecule has 0 aromatic heterocycles. The lowest BCUT2D eigenvalue weighted by Crippen LogP contribution is -2.54. The summed E-state index contributed by atoms with van der Waals surface area (Å²) in [4.78, 5) is 12.7. The second-order valence-electron chi connectivity index (χ2n) is 4.41. The zero-order valence-corrected chi connectivity index (χ0v) is 11.1. The molecule has 0 unspecified atom stereocenters. The van der Waals surface area contributed by atoms with Crippen molar-refractivity contribution in [2.75, 3.05) is 13.1 Å². The van der Waals surface area contributed by atoms with E-state index in [0.29, 0.717) is 13.1 Å². The van der Waals surface area contributed by atoms with Crippen LogP contribution in [0.5, 0.6) is 0 Å². The first kappa shape index (κ1) is 13.0. The molecule has 5 nitrogen and oxygen atoms in total. The molecule has 0 saturated carbocycles. The lowest BCUT2D eigenvalue weighted by atomic mass is 10.2. The summed E-state index contributed by atoms with van der Waals surface area (Å²) < 4.78 is 28.9. The summed E-state index contributed by atoms with van der Waals surface area (Å²) in [5.74, 6) is -0.0671. The van der Waals surface area contributed by atoms with Gasteiger partial charge in [0.15, 0.2) is 0 Å². The lowest BCUT2D eigenvalue weighted by Gasteiger charge is -2.37. The van der Waals surface area contributed by atoms with Crippen LogP contribution >= 0.6 is 0 Å². The van der Waals surface area contributed by atoms with Gasteiger partial charge in [-0.2, -0.15) is 8.42 Å². The Morgan fingerprint density at radius 1 is 1.28 bits per heavy atom. The normalized spacial score (nSPS) is 16.4. The van der Waals surface area contributed by atoms with Crippen molar-refractivity contribution in [3.63, 3.8) is 0 Å². The fourth-order valence-electron chi connectivity index (χ4n) is 1.70. The molecule has 1 aliphatic rings. The molecule has 1 aromatic carbocycles. The topological polar surface area (TPSA) is 63.7 Å². The molecule has 98 valence electrons. The maximum absolute atomic E-state index is 11.9. The van der Waals surface area contributed by atoms with Gasteiger partial charge < -0.3 is 4.90 Å². The van der Waals surface area contributed by atoms with Crippen molar-refractivity contribution in [1.82, 2.24) is 4.90 Å². The highest BCUT2D eigenvalue weighted by molar-refractivity contribution is 7.86. The molecule has 1 amide bonds. The Morgan fingerprint density at radius 3 is 2.33 bits per heavy atom. The molecule has 1 heterocycles. The van der Waals surface area contributed by atoms with E-state index in [1.165, 1.54) is 24.0 Å². The Kier molecular flexibility index (Phi) is 3.41. The molecule has 6 heteroatoms. The second-order valence-corrected chi connectivity index (χ2v) is 5.98. The van der Waals surface area contributed by atoms with Crippen molar-refractivity contribution in [1.29, 1.82) is 0 Å². The molecule has 0 N–H and O–H groups in total. The van der Waals surface area contributed by atoms with E-state index in [0.717, 1.165) is 5.56 Å². The van der Waals surface area contributed by atoms with E-state index in [1.54, 1.807) is 12.1 Å². The van der Waals surface area contributed by atoms with Gasteiger partial charge in [0.1, 0.15) is 6.10 Å². The summed E-state index contributed by atoms with van der Waals surface area (Å²) in [6.45, 7) is 4.00. The van der Waals surface area contributed by atoms with Crippen LogP contribution in [0.2, 0.25) is 0 Å². The van der Waals surface area contributed by atoms with Gasteiger partial charge in [-0.1, -0.05) is 17.7 Å². The summed E-state index contributed by atoms with van der Waals surface area (Å²) in [7, 11) is -3.72. The highest BCUT2D eigenvalue weighted by atomic mass is 32.2. The average Bonchev–Trinajstić information content (AvgIpc) is 2.23. The SMILES string of the molecule is CC(=O)N1CC(OS(=O)(=O)c2ccc(C)cc2)C1. The van der Waals surface area contributed by atoms with Gasteiger partial charge >= 0.3 is 0 Å². The smallest absolute Gasteiger partial charge is 0.297 e. The molecule has 1 fully saturated rings. The van der Waals surface area contributed by atoms with Crippen molar-refractivity contribution >= 4 is 16.0 Å². The molecule has 1 saturated heterocycles. The number of hydrogen-bond acceptors (Lipinski definition) is 4. The van der Waals surface area contributed by atoms with Gasteiger partial charge in [0.25, 0.3) is 10.1 Å². The molecule has 2 rings (SSSR count). The fourth-order valence-corrected chi connectivity index (χ4v) is 2.76. The highest BCUT2D eigenvalue weighted by Crippen LogP contribution is 2.19. The van der Waals surface area contributed by atoms with Crippen LogP contribution in [0.1, 0.15) is 12.5 Å². The van der Waals surface area contributed by atoms with Crippen LogP contribution in [0.3, 0.4) is 0 Å². The first-order valence-electron chi connectivity index (χ1n) is 5.64. The third kappa shape index (κ3) is 2.70. The van der Waals surface area contributed by atoms with Crippen LogP contribution in [0, 0.1) is 6.92 Å². The van der Waals surface area contributed by atoms with Gasteiger partial charge in [-0.25, -0.2) is 0 Å². The van der Waals surface area contributed by atoms with Gasteiger partial charge in [0, 0.05) is 6.92 Å². The van der Waals surface area contributed by atoms with E-state index in [-0.39, 0.29) is 10.8 Å². The molecule has 18 heavy (non-hydrogen) atoms. The molecule has 0 radical (unpaired) electrons. The predicted molar refractivity (Wildman–Crippen MR) is 65.5 cm³/mol. The minimum absolute atomic E-state index is 0.0671. The maximum atomic E-state index is 11.9. The first-order valence-corrected chi connectivity index (χ1v) is 7.05. The van der Waals surface area contributed by atoms with Gasteiger partial charge in [-0.05, 0) is 19.1 Å². The molecule has 0 spiro atoms. The number of likely N-dealkylation sites (tertiary alicyclic amines) is 1. The zero-order chi connectivity index (χ0) is 13.3. The number of hydrogen-bond donors (Lipinski definition) is 0. The van der Waals surface area contributed by atoms with Crippen molar-refractivity contribution < 1.29 is 17.4 Å². The Labute approximate surface area is 106 Å². The van der Waals surface area contributed by atoms with E-state index in [9.17, 15) is 13.2 Å². The molecule has 0 aliphatic carbocycles. The number of rotatable bonds is 3. The molecular weight excluding hydrogens is 254 g/mol. The van der Waals surface area contributed by atoms with Crippen LogP contribution in [-0.2, 0) is 19.1 Å². The van der Waals surface area contributed by atoms with Gasteiger partial charge in [0.2, 0.25) is 5.91 Å². The monoisotopic (exact) mass is 269 g/mol. The van der Waals surface area contributed by atoms with Gasteiger partial charge in [0.05, 0.1) is 18.0 Å². The summed E-state index contributed by atoms with van der Waals surface area (Å²) in [6.07, 6.45) is -0.430. The van der Waals surface area contributed by atoms with Crippen LogP contribution in [0.15, 0.2) is 29.2 Å². The number of carbonyl (C=O) groups excluding carboxylic acids is 1. The number of benzene rings is 1. The van der Waals surface area contributed by atoms with Crippen LogP contribution in [-0.4, -0.2) is 38.4 Å². The highest BCUT2D eigenvalue weighted by Gasteiger charge is 2.33. The Balaban J connectivity index is 2.01. The van der Waals surface area contributed by atoms with E-state index < -0.39 is 16.2 Å². The Morgan fingerprint density at radius 2 is 1.83 bits per heavy atom. The average molecular weight is 269 g/mol. The standard InChI is InChI=1S/C12H15NO4S/c1-9-3-5-12(6-4-9)18(15,16)17-11-7-13(8-11)10(2)14/h3-6,11H,7-8H2,1-2H3. The predicted octanol–water partition coefficient (Wildman–Crippen LogP) is 0.931. The largest absolute Gasteiger partial charge is 0.337 e. The van der Waals surface area contributed by atoms with Crippen molar-refractivity contribution in [3.8, 4) is 0 Å². The van der Waals surface area contributed by atoms with E-state index in [1.807, 2.05) is 6.92 Å². The van der Waals surface area contributed by atoms with E-state index in [2.05, 4.69) is 0 Å². The third-order valence-electron chi connectivity index (χ3n) is 2.87. The van der Waals surface area contributed by atoms with Crippen LogP contribution in [0.25, 0.3) is 0 Å². The Bertz CT molecular complexity index is 544. The molecule has 0 atom stereocenters. The molecule has 1 aromatic rings. The number of nitrogens with zero attached hydrogens (tertiary/aromatic N) is 1. The fraction of sp³-hybridized carbons (Fsp3) is 0.417. The number of carbonyl (C=O) groups is 1. The summed E-state index contributed by atoms with van der Waals surface area (Å²) in [6, 6.07) is 6.48. The van der Waals surface area contributed by atoms with Gasteiger partial charge in [-0.3, -0.25) is 8.98 Å². The molecule has 0 bridgehead atoms. The van der Waals surface area contributed by atoms with E-state index >= 15 is 0 Å². The van der Waals surface area contributed by atoms with Crippen molar-refractivity contribution in [3.05, 3.63) is 29.8 Å². The second kappa shape index (κ2) is 4.70. The van der Waals surface area contributed by atoms with Crippen molar-refractivity contribution in [2.45, 2.75) is 24.8 Å². The first-order chi connectivity index (χ1) is 8.38. The Hall–Kier alpha value is -1.40. The summed E-state index contributed by atoms with van der Waals surface area (Å²) >= 11 is 0. The minimum atomic E-state index is -3.72. The van der Waals surface area contributed by atoms with Crippen LogP contribution in [0.4, 0.5) is 0 Å². The number of amides is 1. The molecular formula is C12H15NO4S. The van der Waals surface area contributed by atoms with Gasteiger partial charge in [-0.15, -0.1) is 0 Å². The maximum Gasteiger partial charge on any atom is 0.297 e. The number of aryl methyl sites for hydroxylation is 1. The lowest BCUT2D eigenvalue weighted by molar-refractivity contribution is -0.137. The summed E-state index contributed by atoms with van der Waals surface area (Å²) in [5, 5.41) is 0. The quantitative estimate of drug-likeness (QED) is 0.766. The van der Waals surface area contributed by atoms with Crippen LogP contribution < -0.4 is 0 Å². The van der Waals surface area contributed by atoms with Crippen molar-refractivity contribution in [2.24, 2.45) is 0 Å². The zero-order valence-electron chi connectivity index (χ0n) is 10.3. The third-order valence-corrected chi connectivity index (χ3v) is 4.24.